The zero-order valence-electron chi connectivity index (χ0n) is 17.5. The van der Waals surface area contributed by atoms with E-state index in [1.807, 2.05) is 0 Å². The summed E-state index contributed by atoms with van der Waals surface area (Å²) in [6, 6.07) is 17.2. The van der Waals surface area contributed by atoms with Crippen molar-refractivity contribution in [3.8, 4) is 0 Å². The van der Waals surface area contributed by atoms with Crippen LogP contribution in [-0.2, 0) is 15.6 Å². The predicted molar refractivity (Wildman–Crippen MR) is 116 cm³/mol. The second kappa shape index (κ2) is 6.23. The summed E-state index contributed by atoms with van der Waals surface area (Å²) in [4.78, 5) is 14.8. The first-order valence-electron chi connectivity index (χ1n) is 10.1. The number of rotatable bonds is 2. The highest BCUT2D eigenvalue weighted by Crippen LogP contribution is 2.52. The molecule has 0 aromatic heterocycles. The summed E-state index contributed by atoms with van der Waals surface area (Å²) < 4.78 is 0. The first kappa shape index (κ1) is 18.8. The number of carbonyl (C=O) groups is 1. The molecule has 0 bridgehead atoms. The fourth-order valence-electron chi connectivity index (χ4n) is 4.63. The SMILES string of the molecule is CC(C)(C)c1ccc(/C=C/C23NC(=O)CCN2c2ccccc2C3(C)C)cc1. The summed E-state index contributed by atoms with van der Waals surface area (Å²) >= 11 is 0. The molecule has 1 fully saturated rings. The van der Waals surface area contributed by atoms with E-state index >= 15 is 0 Å². The van der Waals surface area contributed by atoms with E-state index in [0.29, 0.717) is 6.42 Å². The highest BCUT2D eigenvalue weighted by Gasteiger charge is 2.57. The Balaban J connectivity index is 1.75. The maximum Gasteiger partial charge on any atom is 0.223 e. The van der Waals surface area contributed by atoms with E-state index in [2.05, 4.69) is 106 Å². The number of amides is 1. The molecule has 2 aromatic carbocycles. The smallest absolute Gasteiger partial charge is 0.223 e. The molecule has 1 atom stereocenters. The number of hydrogen-bond acceptors (Lipinski definition) is 2. The van der Waals surface area contributed by atoms with Crippen LogP contribution in [0.15, 0.2) is 54.6 Å². The van der Waals surface area contributed by atoms with Crippen LogP contribution in [0.3, 0.4) is 0 Å². The zero-order valence-corrected chi connectivity index (χ0v) is 17.5. The fourth-order valence-corrected chi connectivity index (χ4v) is 4.63. The molecule has 146 valence electrons. The quantitative estimate of drug-likeness (QED) is 0.801. The van der Waals surface area contributed by atoms with Gasteiger partial charge in [-0.2, -0.15) is 0 Å². The van der Waals surface area contributed by atoms with Crippen molar-refractivity contribution in [3.05, 3.63) is 71.3 Å². The van der Waals surface area contributed by atoms with Gasteiger partial charge in [-0.3, -0.25) is 4.79 Å². The molecule has 0 spiro atoms. The van der Waals surface area contributed by atoms with Gasteiger partial charge in [0.1, 0.15) is 5.66 Å². The molecule has 0 saturated carbocycles. The average Bonchev–Trinajstić information content (AvgIpc) is 2.84. The van der Waals surface area contributed by atoms with Crippen LogP contribution in [-0.4, -0.2) is 18.1 Å². The summed E-state index contributed by atoms with van der Waals surface area (Å²) in [6.07, 6.45) is 4.87. The molecule has 0 aliphatic carbocycles. The summed E-state index contributed by atoms with van der Waals surface area (Å²) in [7, 11) is 0. The van der Waals surface area contributed by atoms with E-state index in [-0.39, 0.29) is 16.7 Å². The van der Waals surface area contributed by atoms with Crippen LogP contribution in [0.1, 0.15) is 57.7 Å². The topological polar surface area (TPSA) is 32.3 Å². The van der Waals surface area contributed by atoms with Crippen molar-refractivity contribution in [3.63, 3.8) is 0 Å². The second-order valence-electron chi connectivity index (χ2n) is 9.56. The first-order valence-corrected chi connectivity index (χ1v) is 10.1. The van der Waals surface area contributed by atoms with Crippen LogP contribution in [0, 0.1) is 0 Å². The molecule has 28 heavy (non-hydrogen) atoms. The summed E-state index contributed by atoms with van der Waals surface area (Å²) in [5.41, 5.74) is 4.34. The number of carbonyl (C=O) groups excluding carboxylic acids is 1. The number of anilines is 1. The monoisotopic (exact) mass is 374 g/mol. The Bertz CT molecular complexity index is 934. The van der Waals surface area contributed by atoms with Crippen LogP contribution in [0.25, 0.3) is 6.08 Å². The Morgan fingerprint density at radius 1 is 1.04 bits per heavy atom. The third-order valence-electron chi connectivity index (χ3n) is 6.43. The molecule has 1 amide bonds. The molecule has 3 heteroatoms. The number of nitrogens with one attached hydrogen (secondary N) is 1. The van der Waals surface area contributed by atoms with Gasteiger partial charge in [0.25, 0.3) is 0 Å². The highest BCUT2D eigenvalue weighted by molar-refractivity contribution is 5.84. The average molecular weight is 375 g/mol. The van der Waals surface area contributed by atoms with Crippen LogP contribution in [0.2, 0.25) is 0 Å². The third-order valence-corrected chi connectivity index (χ3v) is 6.43. The lowest BCUT2D eigenvalue weighted by Crippen LogP contribution is -2.68. The lowest BCUT2D eigenvalue weighted by Gasteiger charge is -2.49. The van der Waals surface area contributed by atoms with Crippen LogP contribution < -0.4 is 10.2 Å². The minimum atomic E-state index is -0.547. The minimum Gasteiger partial charge on any atom is -0.344 e. The Morgan fingerprint density at radius 3 is 2.39 bits per heavy atom. The molecule has 2 aromatic rings. The Morgan fingerprint density at radius 2 is 1.71 bits per heavy atom. The van der Waals surface area contributed by atoms with Gasteiger partial charge in [0.2, 0.25) is 5.91 Å². The Hall–Kier alpha value is -2.55. The molecule has 1 saturated heterocycles. The van der Waals surface area contributed by atoms with Gasteiger partial charge in [-0.05, 0) is 34.2 Å². The summed E-state index contributed by atoms with van der Waals surface area (Å²) in [6.45, 7) is 11.9. The van der Waals surface area contributed by atoms with E-state index in [9.17, 15) is 4.79 Å². The summed E-state index contributed by atoms with van der Waals surface area (Å²) in [5, 5.41) is 3.34. The second-order valence-corrected chi connectivity index (χ2v) is 9.56. The van der Waals surface area contributed by atoms with Crippen molar-refractivity contribution in [2.75, 3.05) is 11.4 Å². The van der Waals surface area contributed by atoms with Crippen LogP contribution in [0.4, 0.5) is 5.69 Å². The first-order chi connectivity index (χ1) is 13.1. The third kappa shape index (κ3) is 2.76. The van der Waals surface area contributed by atoms with Gasteiger partial charge in [0, 0.05) is 24.1 Å². The van der Waals surface area contributed by atoms with Crippen molar-refractivity contribution in [1.82, 2.24) is 5.32 Å². The standard InChI is InChI=1S/C25H30N2O/c1-23(2,3)19-12-10-18(11-13-19)14-16-25-24(4,5)20-8-6-7-9-21(20)27(25)17-15-22(28)26-25/h6-14,16H,15,17H2,1-5H3,(H,26,28)/b16-14+. The van der Waals surface area contributed by atoms with Gasteiger partial charge in [0.05, 0.1) is 0 Å². The van der Waals surface area contributed by atoms with Gasteiger partial charge < -0.3 is 10.2 Å². The van der Waals surface area contributed by atoms with Crippen molar-refractivity contribution in [2.45, 2.75) is 57.5 Å². The van der Waals surface area contributed by atoms with Crippen molar-refractivity contribution in [2.24, 2.45) is 0 Å². The molecule has 3 nitrogen and oxygen atoms in total. The van der Waals surface area contributed by atoms with Gasteiger partial charge in [-0.1, -0.05) is 83.2 Å². The molecule has 4 rings (SSSR count). The largest absolute Gasteiger partial charge is 0.344 e. The zero-order chi connectivity index (χ0) is 20.2. The maximum absolute atomic E-state index is 12.4. The Kier molecular flexibility index (Phi) is 4.18. The number of hydrogen-bond donors (Lipinski definition) is 1. The number of nitrogens with zero attached hydrogens (tertiary/aromatic N) is 1. The van der Waals surface area contributed by atoms with Crippen molar-refractivity contribution >= 4 is 17.7 Å². The van der Waals surface area contributed by atoms with Gasteiger partial charge in [-0.15, -0.1) is 0 Å². The minimum absolute atomic E-state index is 0.116. The van der Waals surface area contributed by atoms with Crippen LogP contribution in [0.5, 0.6) is 0 Å². The lowest BCUT2D eigenvalue weighted by molar-refractivity contribution is -0.124. The van der Waals surface area contributed by atoms with Gasteiger partial charge in [0.15, 0.2) is 0 Å². The van der Waals surface area contributed by atoms with E-state index in [1.165, 1.54) is 16.8 Å². The Labute approximate surface area is 168 Å². The highest BCUT2D eigenvalue weighted by atomic mass is 16.2. The molecule has 2 aliphatic heterocycles. The van der Waals surface area contributed by atoms with E-state index in [4.69, 9.17) is 0 Å². The molecule has 1 unspecified atom stereocenters. The maximum atomic E-state index is 12.4. The van der Waals surface area contributed by atoms with E-state index < -0.39 is 5.66 Å². The molecular formula is C25H30N2O. The molecule has 1 N–H and O–H groups in total. The number of para-hydroxylation sites is 1. The number of benzene rings is 2. The van der Waals surface area contributed by atoms with Crippen LogP contribution >= 0.6 is 0 Å². The van der Waals surface area contributed by atoms with Gasteiger partial charge >= 0.3 is 0 Å². The molecule has 2 aliphatic rings. The summed E-state index contributed by atoms with van der Waals surface area (Å²) in [5.74, 6) is 0.116. The van der Waals surface area contributed by atoms with Crippen molar-refractivity contribution in [1.29, 1.82) is 0 Å². The normalized spacial score (nSPS) is 23.5. The van der Waals surface area contributed by atoms with Gasteiger partial charge in [-0.25, -0.2) is 0 Å². The molecule has 2 heterocycles. The van der Waals surface area contributed by atoms with E-state index in [1.54, 1.807) is 0 Å². The van der Waals surface area contributed by atoms with Crippen molar-refractivity contribution < 1.29 is 4.79 Å². The van der Waals surface area contributed by atoms with E-state index in [0.717, 1.165) is 12.1 Å². The lowest BCUT2D eigenvalue weighted by atomic mass is 9.74. The number of fused-ring (bicyclic) bond motifs is 3. The molecular weight excluding hydrogens is 344 g/mol. The molecule has 0 radical (unpaired) electrons. The fraction of sp³-hybridized carbons (Fsp3) is 0.400. The predicted octanol–water partition coefficient (Wildman–Crippen LogP) is 5.01.